The highest BCUT2D eigenvalue weighted by Crippen LogP contribution is 2.20. The van der Waals surface area contributed by atoms with E-state index in [2.05, 4.69) is 16.3 Å². The molecule has 1 aliphatic rings. The summed E-state index contributed by atoms with van der Waals surface area (Å²) >= 11 is 6.10. The molecule has 0 unspecified atom stereocenters. The van der Waals surface area contributed by atoms with Crippen molar-refractivity contribution in [3.05, 3.63) is 70.2 Å². The van der Waals surface area contributed by atoms with Gasteiger partial charge in [-0.3, -0.25) is 9.69 Å². The molecule has 25 heavy (non-hydrogen) atoms. The van der Waals surface area contributed by atoms with Gasteiger partial charge >= 0.3 is 0 Å². The van der Waals surface area contributed by atoms with Crippen molar-refractivity contribution in [1.29, 1.82) is 5.26 Å². The fourth-order valence-corrected chi connectivity index (χ4v) is 3.34. The number of amides is 1. The van der Waals surface area contributed by atoms with Gasteiger partial charge in [0.15, 0.2) is 0 Å². The van der Waals surface area contributed by atoms with Gasteiger partial charge in [-0.25, -0.2) is 0 Å². The first-order valence-corrected chi connectivity index (χ1v) is 8.80. The van der Waals surface area contributed by atoms with Gasteiger partial charge < -0.3 is 5.32 Å². The Bertz CT molecular complexity index is 777. The van der Waals surface area contributed by atoms with Gasteiger partial charge in [-0.1, -0.05) is 35.9 Å². The third kappa shape index (κ3) is 4.60. The van der Waals surface area contributed by atoms with Gasteiger partial charge in [0.05, 0.1) is 10.6 Å². The van der Waals surface area contributed by atoms with E-state index in [4.69, 9.17) is 16.9 Å². The van der Waals surface area contributed by atoms with Crippen LogP contribution in [0.4, 0.5) is 0 Å². The van der Waals surface area contributed by atoms with Crippen molar-refractivity contribution < 1.29 is 4.79 Å². The van der Waals surface area contributed by atoms with Crippen LogP contribution in [0, 0.1) is 11.3 Å². The second kappa shape index (κ2) is 8.15. The summed E-state index contributed by atoms with van der Waals surface area (Å²) in [6, 6.07) is 17.2. The van der Waals surface area contributed by atoms with Gasteiger partial charge in [0.25, 0.3) is 5.91 Å². The average Bonchev–Trinajstić information content (AvgIpc) is 2.64. The van der Waals surface area contributed by atoms with E-state index in [0.717, 1.165) is 38.0 Å². The van der Waals surface area contributed by atoms with Crippen molar-refractivity contribution in [2.24, 2.45) is 0 Å². The number of carbonyl (C=O) groups excluding carboxylic acids is 1. The lowest BCUT2D eigenvalue weighted by Gasteiger charge is -2.32. The molecule has 0 aromatic heterocycles. The second-order valence-electron chi connectivity index (χ2n) is 6.32. The van der Waals surface area contributed by atoms with Crippen LogP contribution in [0.25, 0.3) is 0 Å². The highest BCUT2D eigenvalue weighted by Gasteiger charge is 2.21. The molecule has 0 atom stereocenters. The number of nitriles is 1. The first-order chi connectivity index (χ1) is 12.2. The van der Waals surface area contributed by atoms with E-state index < -0.39 is 0 Å². The zero-order chi connectivity index (χ0) is 17.6. The van der Waals surface area contributed by atoms with E-state index in [0.29, 0.717) is 16.1 Å². The number of likely N-dealkylation sites (tertiary alicyclic amines) is 1. The predicted molar refractivity (Wildman–Crippen MR) is 98.4 cm³/mol. The quantitative estimate of drug-likeness (QED) is 0.913. The Morgan fingerprint density at radius 3 is 2.56 bits per heavy atom. The van der Waals surface area contributed by atoms with E-state index in [1.165, 1.54) is 0 Å². The Labute approximate surface area is 153 Å². The summed E-state index contributed by atoms with van der Waals surface area (Å²) in [5, 5.41) is 12.6. The highest BCUT2D eigenvalue weighted by molar-refractivity contribution is 6.31. The van der Waals surface area contributed by atoms with Gasteiger partial charge in [0, 0.05) is 31.2 Å². The molecule has 0 saturated carbocycles. The Kier molecular flexibility index (Phi) is 5.70. The Balaban J connectivity index is 1.50. The van der Waals surface area contributed by atoms with Gasteiger partial charge in [-0.05, 0) is 42.7 Å². The molecule has 4 nitrogen and oxygen atoms in total. The monoisotopic (exact) mass is 353 g/mol. The van der Waals surface area contributed by atoms with E-state index in [9.17, 15) is 4.79 Å². The van der Waals surface area contributed by atoms with Crippen molar-refractivity contribution in [2.75, 3.05) is 13.1 Å². The summed E-state index contributed by atoms with van der Waals surface area (Å²) in [5.41, 5.74) is 2.32. The molecule has 1 heterocycles. The molecule has 128 valence electrons. The lowest BCUT2D eigenvalue weighted by Crippen LogP contribution is -2.44. The standard InChI is InChI=1S/C20H20ClN3O/c21-19-12-15(6-7-17(19)13-22)14-24-10-8-18(9-11-24)23-20(25)16-4-2-1-3-5-16/h1-7,12,18H,8-11,14H2,(H,23,25). The van der Waals surface area contributed by atoms with Crippen LogP contribution in [-0.4, -0.2) is 29.9 Å². The van der Waals surface area contributed by atoms with E-state index in [1.54, 1.807) is 6.07 Å². The fourth-order valence-electron chi connectivity index (χ4n) is 3.10. The normalized spacial score (nSPS) is 15.5. The Morgan fingerprint density at radius 1 is 1.20 bits per heavy atom. The number of hydrogen-bond donors (Lipinski definition) is 1. The average molecular weight is 354 g/mol. The summed E-state index contributed by atoms with van der Waals surface area (Å²) in [6.45, 7) is 2.67. The maximum atomic E-state index is 12.2. The minimum absolute atomic E-state index is 0.00192. The summed E-state index contributed by atoms with van der Waals surface area (Å²) in [7, 11) is 0. The summed E-state index contributed by atoms with van der Waals surface area (Å²) in [4.78, 5) is 14.6. The number of nitrogens with one attached hydrogen (secondary N) is 1. The Morgan fingerprint density at radius 2 is 1.92 bits per heavy atom. The number of piperidine rings is 1. The molecule has 0 aliphatic carbocycles. The SMILES string of the molecule is N#Cc1ccc(CN2CCC(NC(=O)c3ccccc3)CC2)cc1Cl. The van der Waals surface area contributed by atoms with Crippen LogP contribution in [0.5, 0.6) is 0 Å². The maximum absolute atomic E-state index is 12.2. The molecule has 0 spiro atoms. The lowest BCUT2D eigenvalue weighted by atomic mass is 10.0. The molecule has 1 amide bonds. The van der Waals surface area contributed by atoms with Crippen molar-refractivity contribution in [3.63, 3.8) is 0 Å². The minimum atomic E-state index is -0.00192. The molecule has 0 bridgehead atoms. The summed E-state index contributed by atoms with van der Waals surface area (Å²) in [6.07, 6.45) is 1.87. The molecular formula is C20H20ClN3O. The van der Waals surface area contributed by atoms with Gasteiger partial charge in [-0.15, -0.1) is 0 Å². The number of carbonyl (C=O) groups is 1. The largest absolute Gasteiger partial charge is 0.349 e. The first kappa shape index (κ1) is 17.5. The Hall–Kier alpha value is -2.35. The summed E-state index contributed by atoms with van der Waals surface area (Å²) in [5.74, 6) is -0.00192. The molecule has 2 aromatic carbocycles. The predicted octanol–water partition coefficient (Wildman–Crippen LogP) is 3.61. The molecule has 1 saturated heterocycles. The fraction of sp³-hybridized carbons (Fsp3) is 0.300. The van der Waals surface area contributed by atoms with Gasteiger partial charge in [0.2, 0.25) is 0 Å². The van der Waals surface area contributed by atoms with Gasteiger partial charge in [0.1, 0.15) is 6.07 Å². The molecule has 1 N–H and O–H groups in total. The van der Waals surface area contributed by atoms with E-state index in [1.807, 2.05) is 42.5 Å². The summed E-state index contributed by atoms with van der Waals surface area (Å²) < 4.78 is 0. The number of benzene rings is 2. The molecule has 5 heteroatoms. The zero-order valence-corrected chi connectivity index (χ0v) is 14.7. The van der Waals surface area contributed by atoms with Crippen LogP contribution in [0.15, 0.2) is 48.5 Å². The molecule has 0 radical (unpaired) electrons. The lowest BCUT2D eigenvalue weighted by molar-refractivity contribution is 0.0909. The van der Waals surface area contributed by atoms with Crippen molar-refractivity contribution in [1.82, 2.24) is 10.2 Å². The van der Waals surface area contributed by atoms with Crippen molar-refractivity contribution in [2.45, 2.75) is 25.4 Å². The van der Waals surface area contributed by atoms with Crippen LogP contribution in [0.3, 0.4) is 0 Å². The van der Waals surface area contributed by atoms with Crippen LogP contribution in [0.1, 0.15) is 34.3 Å². The van der Waals surface area contributed by atoms with E-state index >= 15 is 0 Å². The maximum Gasteiger partial charge on any atom is 0.251 e. The van der Waals surface area contributed by atoms with Crippen LogP contribution in [-0.2, 0) is 6.54 Å². The number of nitrogens with zero attached hydrogens (tertiary/aromatic N) is 2. The molecule has 1 fully saturated rings. The second-order valence-corrected chi connectivity index (χ2v) is 6.72. The topological polar surface area (TPSA) is 56.1 Å². The minimum Gasteiger partial charge on any atom is -0.349 e. The van der Waals surface area contributed by atoms with Crippen molar-refractivity contribution >= 4 is 17.5 Å². The van der Waals surface area contributed by atoms with E-state index in [-0.39, 0.29) is 11.9 Å². The van der Waals surface area contributed by atoms with Crippen LogP contribution in [0.2, 0.25) is 5.02 Å². The zero-order valence-electron chi connectivity index (χ0n) is 13.9. The molecule has 1 aliphatic heterocycles. The van der Waals surface area contributed by atoms with Crippen molar-refractivity contribution in [3.8, 4) is 6.07 Å². The molecular weight excluding hydrogens is 334 g/mol. The third-order valence-electron chi connectivity index (χ3n) is 4.52. The van der Waals surface area contributed by atoms with Crippen LogP contribution < -0.4 is 5.32 Å². The number of rotatable bonds is 4. The third-order valence-corrected chi connectivity index (χ3v) is 4.83. The molecule has 2 aromatic rings. The smallest absolute Gasteiger partial charge is 0.251 e. The number of halogens is 1. The number of hydrogen-bond acceptors (Lipinski definition) is 3. The molecule has 3 rings (SSSR count). The van der Waals surface area contributed by atoms with Gasteiger partial charge in [-0.2, -0.15) is 5.26 Å². The van der Waals surface area contributed by atoms with Crippen LogP contribution >= 0.6 is 11.6 Å². The first-order valence-electron chi connectivity index (χ1n) is 8.42. The highest BCUT2D eigenvalue weighted by atomic mass is 35.5.